The summed E-state index contributed by atoms with van der Waals surface area (Å²) < 4.78 is 10.6. The molecule has 5 nitrogen and oxygen atoms in total. The molecule has 5 heteroatoms. The maximum atomic E-state index is 11.3. The molecule has 1 fully saturated rings. The molecule has 0 saturated carbocycles. The average Bonchev–Trinajstić information content (AvgIpc) is 2.59. The largest absolute Gasteiger partial charge is 0.444 e. The van der Waals surface area contributed by atoms with Crippen LogP contribution in [0.2, 0.25) is 0 Å². The molecule has 0 aromatic carbocycles. The van der Waals surface area contributed by atoms with Crippen molar-refractivity contribution >= 4 is 6.09 Å². The number of rotatable bonds is 3. The number of aliphatic hydroxyl groups is 1. The zero-order valence-electron chi connectivity index (χ0n) is 10.2. The summed E-state index contributed by atoms with van der Waals surface area (Å²) in [5, 5.41) is 11.5. The van der Waals surface area contributed by atoms with Crippen LogP contribution in [0.25, 0.3) is 0 Å². The SMILES string of the molecule is CC(C)(C)OC(=O)NC[C@@H]1CC[C@@H](CO)O1. The van der Waals surface area contributed by atoms with Gasteiger partial charge in [0.05, 0.1) is 18.8 Å². The molecule has 0 unspecified atom stereocenters. The normalized spacial score (nSPS) is 25.5. The predicted octanol–water partition coefficient (Wildman–Crippen LogP) is 1.05. The molecule has 1 amide bonds. The zero-order valence-corrected chi connectivity index (χ0v) is 10.2. The Balaban J connectivity index is 2.18. The highest BCUT2D eigenvalue weighted by molar-refractivity contribution is 5.67. The second-order valence-electron chi connectivity index (χ2n) is 5.02. The third-order valence-electron chi connectivity index (χ3n) is 2.27. The number of hydrogen-bond donors (Lipinski definition) is 2. The summed E-state index contributed by atoms with van der Waals surface area (Å²) in [6.45, 7) is 5.94. The molecule has 94 valence electrons. The molecular weight excluding hydrogens is 210 g/mol. The highest BCUT2D eigenvalue weighted by Crippen LogP contribution is 2.18. The van der Waals surface area contributed by atoms with Crippen LogP contribution in [0, 0.1) is 0 Å². The van der Waals surface area contributed by atoms with E-state index in [4.69, 9.17) is 14.6 Å². The Kier molecular flexibility index (Phi) is 4.56. The fraction of sp³-hybridized carbons (Fsp3) is 0.909. The van der Waals surface area contributed by atoms with Crippen LogP contribution in [0.4, 0.5) is 4.79 Å². The number of hydrogen-bond acceptors (Lipinski definition) is 4. The van der Waals surface area contributed by atoms with E-state index in [1.807, 2.05) is 20.8 Å². The Labute approximate surface area is 96.1 Å². The third-order valence-corrected chi connectivity index (χ3v) is 2.27. The van der Waals surface area contributed by atoms with Crippen LogP contribution in [0.15, 0.2) is 0 Å². The minimum Gasteiger partial charge on any atom is -0.444 e. The van der Waals surface area contributed by atoms with Gasteiger partial charge in [0, 0.05) is 6.54 Å². The molecular formula is C11H21NO4. The summed E-state index contributed by atoms with van der Waals surface area (Å²) in [7, 11) is 0. The van der Waals surface area contributed by atoms with Gasteiger partial charge in [0.25, 0.3) is 0 Å². The van der Waals surface area contributed by atoms with E-state index < -0.39 is 11.7 Å². The summed E-state index contributed by atoms with van der Waals surface area (Å²) >= 11 is 0. The molecule has 2 atom stereocenters. The minimum absolute atomic E-state index is 0.00957. The number of carbonyl (C=O) groups excluding carboxylic acids is 1. The van der Waals surface area contributed by atoms with Crippen LogP contribution in [0.3, 0.4) is 0 Å². The van der Waals surface area contributed by atoms with Gasteiger partial charge in [0.1, 0.15) is 5.60 Å². The summed E-state index contributed by atoms with van der Waals surface area (Å²) in [6, 6.07) is 0. The smallest absolute Gasteiger partial charge is 0.407 e. The summed E-state index contributed by atoms with van der Waals surface area (Å²) in [5.74, 6) is 0. The molecule has 16 heavy (non-hydrogen) atoms. The second-order valence-corrected chi connectivity index (χ2v) is 5.02. The molecule has 0 aromatic heterocycles. The van der Waals surface area contributed by atoms with Crippen molar-refractivity contribution in [3.05, 3.63) is 0 Å². The number of ether oxygens (including phenoxy) is 2. The van der Waals surface area contributed by atoms with Crippen molar-refractivity contribution < 1.29 is 19.4 Å². The van der Waals surface area contributed by atoms with Crippen LogP contribution in [0.5, 0.6) is 0 Å². The molecule has 1 aliphatic rings. The predicted molar refractivity (Wildman–Crippen MR) is 59.2 cm³/mol. The molecule has 0 bridgehead atoms. The van der Waals surface area contributed by atoms with Crippen molar-refractivity contribution in [3.63, 3.8) is 0 Å². The average molecular weight is 231 g/mol. The zero-order chi connectivity index (χ0) is 12.2. The standard InChI is InChI=1S/C11H21NO4/c1-11(2,3)16-10(14)12-6-8-4-5-9(7-13)15-8/h8-9,13H,4-7H2,1-3H3,(H,12,14)/t8-,9-/m0/s1. The lowest BCUT2D eigenvalue weighted by molar-refractivity contribution is 0.00868. The van der Waals surface area contributed by atoms with Crippen LogP contribution < -0.4 is 5.32 Å². The fourth-order valence-corrected chi connectivity index (χ4v) is 1.58. The lowest BCUT2D eigenvalue weighted by Gasteiger charge is -2.20. The first-order valence-corrected chi connectivity index (χ1v) is 5.64. The van der Waals surface area contributed by atoms with Gasteiger partial charge in [0.2, 0.25) is 0 Å². The summed E-state index contributed by atoms with van der Waals surface area (Å²) in [5.41, 5.74) is -0.478. The number of carbonyl (C=O) groups is 1. The van der Waals surface area contributed by atoms with Gasteiger partial charge >= 0.3 is 6.09 Å². The highest BCUT2D eigenvalue weighted by atomic mass is 16.6. The van der Waals surface area contributed by atoms with E-state index >= 15 is 0 Å². The van der Waals surface area contributed by atoms with Crippen LogP contribution in [0.1, 0.15) is 33.6 Å². The molecule has 1 heterocycles. The van der Waals surface area contributed by atoms with Crippen LogP contribution >= 0.6 is 0 Å². The van der Waals surface area contributed by atoms with Crippen molar-refractivity contribution in [3.8, 4) is 0 Å². The molecule has 2 N–H and O–H groups in total. The maximum Gasteiger partial charge on any atom is 0.407 e. The van der Waals surface area contributed by atoms with Gasteiger partial charge in [-0.15, -0.1) is 0 Å². The van der Waals surface area contributed by atoms with E-state index in [-0.39, 0.29) is 18.8 Å². The monoisotopic (exact) mass is 231 g/mol. The lowest BCUT2D eigenvalue weighted by Crippen LogP contribution is -2.37. The van der Waals surface area contributed by atoms with Crippen molar-refractivity contribution in [2.24, 2.45) is 0 Å². The minimum atomic E-state index is -0.478. The Bertz CT molecular complexity index is 237. The quantitative estimate of drug-likeness (QED) is 0.762. The van der Waals surface area contributed by atoms with E-state index in [1.165, 1.54) is 0 Å². The molecule has 1 aliphatic heterocycles. The van der Waals surface area contributed by atoms with E-state index in [2.05, 4.69) is 5.32 Å². The number of alkyl carbamates (subject to hydrolysis) is 1. The van der Waals surface area contributed by atoms with Crippen LogP contribution in [-0.4, -0.2) is 42.2 Å². The third kappa shape index (κ3) is 4.81. The van der Waals surface area contributed by atoms with Gasteiger partial charge in [-0.25, -0.2) is 4.79 Å². The first-order valence-electron chi connectivity index (χ1n) is 5.64. The molecule has 0 aromatic rings. The Hall–Kier alpha value is -0.810. The van der Waals surface area contributed by atoms with E-state index in [0.29, 0.717) is 6.54 Å². The Morgan fingerprint density at radius 3 is 2.56 bits per heavy atom. The molecule has 0 radical (unpaired) electrons. The van der Waals surface area contributed by atoms with Crippen molar-refractivity contribution in [2.75, 3.05) is 13.2 Å². The van der Waals surface area contributed by atoms with Crippen molar-refractivity contribution in [2.45, 2.75) is 51.4 Å². The maximum absolute atomic E-state index is 11.3. The molecule has 1 saturated heterocycles. The van der Waals surface area contributed by atoms with Gasteiger partial charge in [-0.3, -0.25) is 0 Å². The van der Waals surface area contributed by atoms with Gasteiger partial charge in [-0.05, 0) is 33.6 Å². The molecule has 1 rings (SSSR count). The molecule has 0 aliphatic carbocycles. The molecule has 0 spiro atoms. The topological polar surface area (TPSA) is 67.8 Å². The number of amides is 1. The van der Waals surface area contributed by atoms with E-state index in [0.717, 1.165) is 12.8 Å². The van der Waals surface area contributed by atoms with Gasteiger partial charge in [-0.2, -0.15) is 0 Å². The number of aliphatic hydroxyl groups excluding tert-OH is 1. The fourth-order valence-electron chi connectivity index (χ4n) is 1.58. The van der Waals surface area contributed by atoms with Crippen molar-refractivity contribution in [1.82, 2.24) is 5.32 Å². The first-order chi connectivity index (χ1) is 7.40. The van der Waals surface area contributed by atoms with Gasteiger partial charge in [0.15, 0.2) is 0 Å². The second kappa shape index (κ2) is 5.50. The Morgan fingerprint density at radius 1 is 1.44 bits per heavy atom. The highest BCUT2D eigenvalue weighted by Gasteiger charge is 2.25. The van der Waals surface area contributed by atoms with Gasteiger partial charge in [-0.1, -0.05) is 0 Å². The first kappa shape index (κ1) is 13.3. The number of nitrogens with one attached hydrogen (secondary N) is 1. The summed E-state index contributed by atoms with van der Waals surface area (Å²) in [6.07, 6.45) is 1.19. The van der Waals surface area contributed by atoms with E-state index in [1.54, 1.807) is 0 Å². The lowest BCUT2D eigenvalue weighted by atomic mass is 10.2. The summed E-state index contributed by atoms with van der Waals surface area (Å²) in [4.78, 5) is 11.3. The van der Waals surface area contributed by atoms with E-state index in [9.17, 15) is 4.79 Å². The Morgan fingerprint density at radius 2 is 2.06 bits per heavy atom. The van der Waals surface area contributed by atoms with Crippen LogP contribution in [-0.2, 0) is 9.47 Å². The van der Waals surface area contributed by atoms with Gasteiger partial charge < -0.3 is 19.9 Å². The van der Waals surface area contributed by atoms with Crippen molar-refractivity contribution in [1.29, 1.82) is 0 Å².